The molecule has 3 nitrogen and oxygen atoms in total. The van der Waals surface area contributed by atoms with E-state index in [1.807, 2.05) is 6.92 Å². The van der Waals surface area contributed by atoms with E-state index in [9.17, 15) is 0 Å². The van der Waals surface area contributed by atoms with E-state index in [0.717, 1.165) is 0 Å². The van der Waals surface area contributed by atoms with Crippen LogP contribution in [0.5, 0.6) is 0 Å². The van der Waals surface area contributed by atoms with Gasteiger partial charge in [0.05, 0.1) is 5.72 Å². The molecule has 2 radical (unpaired) electrons. The zero-order valence-electron chi connectivity index (χ0n) is 6.73. The van der Waals surface area contributed by atoms with Gasteiger partial charge in [-0.3, -0.25) is 3.97 Å². The number of hydrogen-bond donors (Lipinski definition) is 1. The van der Waals surface area contributed by atoms with Crippen molar-refractivity contribution in [3.63, 3.8) is 0 Å². The first kappa shape index (κ1) is 9.13. The minimum Gasteiger partial charge on any atom is -0.267 e. The molecule has 0 amide bonds. The summed E-state index contributed by atoms with van der Waals surface area (Å²) < 4.78 is 1.41. The maximum absolute atomic E-state index is 5.50. The lowest BCUT2D eigenvalue weighted by Gasteiger charge is -1.95. The van der Waals surface area contributed by atoms with Gasteiger partial charge in [0.2, 0.25) is 0 Å². The molecule has 1 heterocycles. The van der Waals surface area contributed by atoms with Crippen molar-refractivity contribution in [2.45, 2.75) is 6.92 Å². The van der Waals surface area contributed by atoms with Crippen LogP contribution in [-0.4, -0.2) is 23.0 Å². The normalized spacial score (nSPS) is 10.8. The molecule has 5 heteroatoms. The molecular formula is C7H8BN3S. The Morgan fingerprint density at radius 3 is 2.92 bits per heavy atom. The molecule has 0 fully saturated rings. The molecule has 0 aromatic carbocycles. The molecular weight excluding hydrogens is 169 g/mol. The Kier molecular flexibility index (Phi) is 2.76. The van der Waals surface area contributed by atoms with E-state index in [1.54, 1.807) is 12.3 Å². The first-order valence-electron chi connectivity index (χ1n) is 3.39. The molecule has 0 aliphatic carbocycles. The average Bonchev–Trinajstić information content (AvgIpc) is 2.33. The van der Waals surface area contributed by atoms with Gasteiger partial charge in [0.15, 0.2) is 13.7 Å². The van der Waals surface area contributed by atoms with E-state index in [2.05, 4.69) is 29.4 Å². The Balaban J connectivity index is 3.30. The van der Waals surface area contributed by atoms with Crippen molar-refractivity contribution in [2.24, 2.45) is 4.99 Å². The highest BCUT2D eigenvalue weighted by Crippen LogP contribution is 2.17. The van der Waals surface area contributed by atoms with Crippen molar-refractivity contribution in [1.29, 1.82) is 0 Å². The summed E-state index contributed by atoms with van der Waals surface area (Å²) in [7, 11) is 5.50. The van der Waals surface area contributed by atoms with Gasteiger partial charge in [-0.2, -0.15) is 0 Å². The van der Waals surface area contributed by atoms with Gasteiger partial charge in [-0.1, -0.05) is 19.4 Å². The molecule has 0 N–H and O–H groups in total. The smallest absolute Gasteiger partial charge is 0.169 e. The lowest BCUT2D eigenvalue weighted by Crippen LogP contribution is -2.11. The molecule has 0 spiro atoms. The van der Waals surface area contributed by atoms with Crippen molar-refractivity contribution < 1.29 is 0 Å². The van der Waals surface area contributed by atoms with E-state index in [1.165, 1.54) is 3.97 Å². The fourth-order valence-electron chi connectivity index (χ4n) is 0.818. The predicted octanol–water partition coefficient (Wildman–Crippen LogP) is 0.735. The number of nitrogens with zero attached hydrogens (tertiary/aromatic N) is 3. The Bertz CT molecular complexity index is 330. The third-order valence-electron chi connectivity index (χ3n) is 1.33. The zero-order chi connectivity index (χ0) is 9.14. The van der Waals surface area contributed by atoms with Crippen LogP contribution in [0.4, 0.5) is 5.82 Å². The molecule has 0 aliphatic heterocycles. The summed E-state index contributed by atoms with van der Waals surface area (Å²) >= 11 is 4.09. The molecule has 0 unspecified atom stereocenters. The topological polar surface area (TPSA) is 30.2 Å². The quantitative estimate of drug-likeness (QED) is 0.403. The second-order valence-electron chi connectivity index (χ2n) is 2.08. The van der Waals surface area contributed by atoms with Crippen molar-refractivity contribution in [2.75, 3.05) is 0 Å². The number of hydrogen-bond acceptors (Lipinski definition) is 3. The number of rotatable bonds is 2. The van der Waals surface area contributed by atoms with E-state index in [-0.39, 0.29) is 0 Å². The van der Waals surface area contributed by atoms with Gasteiger partial charge in [-0.05, 0) is 13.0 Å². The van der Waals surface area contributed by atoms with Gasteiger partial charge >= 0.3 is 0 Å². The van der Waals surface area contributed by atoms with Crippen LogP contribution in [0.2, 0.25) is 0 Å². The molecule has 0 aliphatic rings. The van der Waals surface area contributed by atoms with Crippen molar-refractivity contribution in [3.05, 3.63) is 12.3 Å². The molecule has 0 bridgehead atoms. The number of thiol groups is 1. The Labute approximate surface area is 78.2 Å². The maximum atomic E-state index is 5.50. The summed E-state index contributed by atoms with van der Waals surface area (Å²) in [5.41, 5.74) is 0.953. The summed E-state index contributed by atoms with van der Waals surface area (Å²) in [4.78, 5) is 8.03. The van der Waals surface area contributed by atoms with Gasteiger partial charge in [-0.25, -0.2) is 9.98 Å². The van der Waals surface area contributed by atoms with Gasteiger partial charge in [0, 0.05) is 6.21 Å². The first-order chi connectivity index (χ1) is 5.70. The third kappa shape index (κ3) is 1.45. The highest BCUT2D eigenvalue weighted by molar-refractivity contribution is 7.78. The van der Waals surface area contributed by atoms with Gasteiger partial charge < -0.3 is 0 Å². The van der Waals surface area contributed by atoms with E-state index < -0.39 is 0 Å². The van der Waals surface area contributed by atoms with E-state index >= 15 is 0 Å². The summed E-state index contributed by atoms with van der Waals surface area (Å²) in [5.74, 6) is 0.605. The Morgan fingerprint density at radius 2 is 2.42 bits per heavy atom. The van der Waals surface area contributed by atoms with Gasteiger partial charge in [-0.15, -0.1) is 0 Å². The summed E-state index contributed by atoms with van der Waals surface area (Å²) in [6.45, 7) is 5.40. The molecule has 12 heavy (non-hydrogen) atoms. The van der Waals surface area contributed by atoms with Crippen LogP contribution in [-0.2, 0) is 0 Å². The number of aromatic nitrogens is 2. The fourth-order valence-corrected chi connectivity index (χ4v) is 1.02. The maximum Gasteiger partial charge on any atom is 0.169 e. The van der Waals surface area contributed by atoms with Crippen molar-refractivity contribution >= 4 is 44.5 Å². The average molecular weight is 177 g/mol. The summed E-state index contributed by atoms with van der Waals surface area (Å²) in [6.07, 6.45) is 3.24. The SMILES string of the molecule is [B]c1nc(C=C)c(N=CC)n1S. The Morgan fingerprint density at radius 1 is 1.75 bits per heavy atom. The lowest BCUT2D eigenvalue weighted by atomic mass is 10.1. The first-order valence-corrected chi connectivity index (χ1v) is 3.79. The second kappa shape index (κ2) is 3.62. The monoisotopic (exact) mass is 177 g/mol. The van der Waals surface area contributed by atoms with Crippen LogP contribution in [0, 0.1) is 0 Å². The molecule has 1 aromatic rings. The number of aliphatic imine (C=N–C) groups is 1. The summed E-state index contributed by atoms with van der Waals surface area (Å²) in [6, 6.07) is 0. The van der Waals surface area contributed by atoms with Crippen LogP contribution in [0.15, 0.2) is 11.6 Å². The Hall–Kier alpha value is -0.965. The van der Waals surface area contributed by atoms with Crippen LogP contribution in [0.3, 0.4) is 0 Å². The molecule has 0 saturated carbocycles. The second-order valence-corrected chi connectivity index (χ2v) is 2.48. The molecule has 1 rings (SSSR count). The third-order valence-corrected chi connectivity index (χ3v) is 1.72. The largest absolute Gasteiger partial charge is 0.267 e. The molecule has 0 atom stereocenters. The minimum atomic E-state index is 0.314. The van der Waals surface area contributed by atoms with Gasteiger partial charge in [0.1, 0.15) is 5.69 Å². The van der Waals surface area contributed by atoms with Crippen LogP contribution < -0.4 is 5.72 Å². The molecule has 60 valence electrons. The minimum absolute atomic E-state index is 0.314. The standard InChI is InChI=1S/C7H8BN3S/c1-3-5-6(9-4-2)11(12)7(8)10-5/h3-4,12H,1H2,2H3. The number of imidazole rings is 1. The highest BCUT2D eigenvalue weighted by atomic mass is 32.1. The summed E-state index contributed by atoms with van der Waals surface area (Å²) in [5, 5.41) is 0. The molecule has 1 aromatic heterocycles. The van der Waals surface area contributed by atoms with E-state index in [0.29, 0.717) is 17.2 Å². The highest BCUT2D eigenvalue weighted by Gasteiger charge is 2.07. The zero-order valence-corrected chi connectivity index (χ0v) is 7.62. The fraction of sp³-hybridized carbons (Fsp3) is 0.143. The van der Waals surface area contributed by atoms with Crippen molar-refractivity contribution in [1.82, 2.24) is 8.96 Å². The van der Waals surface area contributed by atoms with E-state index in [4.69, 9.17) is 7.85 Å². The lowest BCUT2D eigenvalue weighted by molar-refractivity contribution is 1.29. The van der Waals surface area contributed by atoms with Crippen LogP contribution in [0.1, 0.15) is 12.6 Å². The van der Waals surface area contributed by atoms with Crippen LogP contribution >= 0.6 is 12.8 Å². The predicted molar refractivity (Wildman–Crippen MR) is 55.9 cm³/mol. The van der Waals surface area contributed by atoms with Crippen molar-refractivity contribution in [3.8, 4) is 0 Å². The molecule has 0 saturated heterocycles. The van der Waals surface area contributed by atoms with Gasteiger partial charge in [0.25, 0.3) is 0 Å². The van der Waals surface area contributed by atoms with Crippen LogP contribution in [0.25, 0.3) is 6.08 Å².